The zero-order valence-electron chi connectivity index (χ0n) is 18.0. The van der Waals surface area contributed by atoms with Gasteiger partial charge in [-0.3, -0.25) is 4.31 Å². The van der Waals surface area contributed by atoms with Crippen LogP contribution in [0.1, 0.15) is 18.4 Å². The molecule has 0 aromatic heterocycles. The summed E-state index contributed by atoms with van der Waals surface area (Å²) in [6.45, 7) is 4.01. The van der Waals surface area contributed by atoms with Gasteiger partial charge in [0.1, 0.15) is 11.9 Å². The SMILES string of the molecule is O=S1(=O)c2cccc3cccc(c23)N1CCN1CCC(Oc2cccc3c2CCN3)CC1. The molecule has 0 atom stereocenters. The Kier molecular flexibility index (Phi) is 4.77. The van der Waals surface area contributed by atoms with Crippen molar-refractivity contribution in [3.63, 3.8) is 0 Å². The van der Waals surface area contributed by atoms with Crippen molar-refractivity contribution >= 4 is 32.2 Å². The molecule has 166 valence electrons. The molecule has 0 saturated carbocycles. The Labute approximate surface area is 188 Å². The summed E-state index contributed by atoms with van der Waals surface area (Å²) in [6.07, 6.45) is 3.15. The van der Waals surface area contributed by atoms with Crippen molar-refractivity contribution in [1.29, 1.82) is 0 Å². The van der Waals surface area contributed by atoms with E-state index in [0.717, 1.165) is 67.7 Å². The topological polar surface area (TPSA) is 61.9 Å². The molecule has 3 aliphatic heterocycles. The molecule has 0 unspecified atom stereocenters. The van der Waals surface area contributed by atoms with Gasteiger partial charge in [-0.2, -0.15) is 0 Å². The summed E-state index contributed by atoms with van der Waals surface area (Å²) >= 11 is 0. The summed E-state index contributed by atoms with van der Waals surface area (Å²) in [6, 6.07) is 17.6. The zero-order chi connectivity index (χ0) is 21.7. The molecule has 3 aromatic carbocycles. The van der Waals surface area contributed by atoms with Crippen molar-refractivity contribution in [3.8, 4) is 5.75 Å². The second-order valence-electron chi connectivity index (χ2n) is 8.83. The number of piperidine rings is 1. The van der Waals surface area contributed by atoms with Gasteiger partial charge < -0.3 is 15.0 Å². The van der Waals surface area contributed by atoms with Crippen LogP contribution in [0.4, 0.5) is 11.4 Å². The molecule has 6 rings (SSSR count). The first-order valence-corrected chi connectivity index (χ1v) is 12.8. The van der Waals surface area contributed by atoms with E-state index in [1.165, 1.54) is 11.3 Å². The lowest BCUT2D eigenvalue weighted by atomic mass is 10.1. The van der Waals surface area contributed by atoms with Crippen LogP contribution in [0.15, 0.2) is 59.5 Å². The molecule has 6 nitrogen and oxygen atoms in total. The Hall–Kier alpha value is -2.77. The molecule has 3 aromatic rings. The second kappa shape index (κ2) is 7.67. The molecule has 3 heterocycles. The van der Waals surface area contributed by atoms with Gasteiger partial charge >= 0.3 is 0 Å². The van der Waals surface area contributed by atoms with E-state index in [1.54, 1.807) is 10.4 Å². The minimum Gasteiger partial charge on any atom is -0.490 e. The average Bonchev–Trinajstić information content (AvgIpc) is 3.37. The first kappa shape index (κ1) is 19.9. The van der Waals surface area contributed by atoms with Gasteiger partial charge in [-0.1, -0.05) is 30.3 Å². The number of hydrogen-bond acceptors (Lipinski definition) is 5. The molecule has 1 fully saturated rings. The fourth-order valence-electron chi connectivity index (χ4n) is 5.28. The highest BCUT2D eigenvalue weighted by atomic mass is 32.2. The monoisotopic (exact) mass is 449 g/mol. The highest BCUT2D eigenvalue weighted by molar-refractivity contribution is 7.93. The van der Waals surface area contributed by atoms with E-state index in [2.05, 4.69) is 28.4 Å². The van der Waals surface area contributed by atoms with E-state index in [1.807, 2.05) is 30.3 Å². The predicted octanol–water partition coefficient (Wildman–Crippen LogP) is 3.86. The van der Waals surface area contributed by atoms with Crippen molar-refractivity contribution in [2.75, 3.05) is 42.3 Å². The van der Waals surface area contributed by atoms with E-state index in [4.69, 9.17) is 4.74 Å². The number of fused-ring (bicyclic) bond motifs is 1. The van der Waals surface area contributed by atoms with Crippen molar-refractivity contribution in [2.45, 2.75) is 30.3 Å². The van der Waals surface area contributed by atoms with E-state index in [-0.39, 0.29) is 6.10 Å². The number of hydrogen-bond donors (Lipinski definition) is 1. The Morgan fingerprint density at radius 2 is 1.75 bits per heavy atom. The number of rotatable bonds is 5. The van der Waals surface area contributed by atoms with Gasteiger partial charge in [-0.25, -0.2) is 8.42 Å². The largest absolute Gasteiger partial charge is 0.490 e. The number of nitrogens with one attached hydrogen (secondary N) is 1. The number of nitrogens with zero attached hydrogens (tertiary/aromatic N) is 2. The highest BCUT2D eigenvalue weighted by Crippen LogP contribution is 2.41. The van der Waals surface area contributed by atoms with E-state index in [0.29, 0.717) is 11.4 Å². The zero-order valence-corrected chi connectivity index (χ0v) is 18.8. The van der Waals surface area contributed by atoms with Crippen molar-refractivity contribution < 1.29 is 13.2 Å². The lowest BCUT2D eigenvalue weighted by Gasteiger charge is -2.33. The van der Waals surface area contributed by atoms with Gasteiger partial charge in [0, 0.05) is 49.4 Å². The van der Waals surface area contributed by atoms with Gasteiger partial charge in [0.15, 0.2) is 0 Å². The summed E-state index contributed by atoms with van der Waals surface area (Å²) in [7, 11) is -3.48. The van der Waals surface area contributed by atoms with E-state index in [9.17, 15) is 8.42 Å². The average molecular weight is 450 g/mol. The summed E-state index contributed by atoms with van der Waals surface area (Å²) in [5, 5.41) is 5.24. The fraction of sp³-hybridized carbons (Fsp3) is 0.360. The molecular formula is C25H27N3O3S. The quantitative estimate of drug-likeness (QED) is 0.641. The number of anilines is 2. The molecule has 0 spiro atoms. The van der Waals surface area contributed by atoms with Crippen molar-refractivity contribution in [3.05, 3.63) is 60.2 Å². The van der Waals surface area contributed by atoms with Crippen LogP contribution in [0.5, 0.6) is 5.75 Å². The molecule has 3 aliphatic rings. The molecular weight excluding hydrogens is 422 g/mol. The van der Waals surface area contributed by atoms with Crippen LogP contribution in [0.25, 0.3) is 10.8 Å². The normalized spacial score (nSPS) is 19.8. The highest BCUT2D eigenvalue weighted by Gasteiger charge is 2.35. The Morgan fingerprint density at radius 1 is 0.969 bits per heavy atom. The molecule has 1 saturated heterocycles. The number of ether oxygens (including phenoxy) is 1. The Morgan fingerprint density at radius 3 is 2.59 bits per heavy atom. The summed E-state index contributed by atoms with van der Waals surface area (Å²) in [5.41, 5.74) is 3.30. The van der Waals surface area contributed by atoms with Crippen LogP contribution < -0.4 is 14.4 Å². The van der Waals surface area contributed by atoms with Crippen LogP contribution in [0.3, 0.4) is 0 Å². The van der Waals surface area contributed by atoms with Gasteiger partial charge in [0.25, 0.3) is 10.0 Å². The smallest absolute Gasteiger partial charge is 0.265 e. The first-order chi connectivity index (χ1) is 15.6. The predicted molar refractivity (Wildman–Crippen MR) is 127 cm³/mol. The van der Waals surface area contributed by atoms with Gasteiger partial charge in [-0.05, 0) is 48.9 Å². The van der Waals surface area contributed by atoms with Gasteiger partial charge in [0.2, 0.25) is 0 Å². The second-order valence-corrected chi connectivity index (χ2v) is 10.7. The third kappa shape index (κ3) is 3.22. The lowest BCUT2D eigenvalue weighted by Crippen LogP contribution is -2.43. The van der Waals surface area contributed by atoms with Crippen LogP contribution in [-0.4, -0.2) is 52.1 Å². The van der Waals surface area contributed by atoms with Crippen LogP contribution in [0.2, 0.25) is 0 Å². The summed E-state index contributed by atoms with van der Waals surface area (Å²) in [4.78, 5) is 2.79. The Balaban J connectivity index is 1.10. The first-order valence-electron chi connectivity index (χ1n) is 11.4. The molecule has 0 aliphatic carbocycles. The standard InChI is InChI=1S/C25H27N3O3S/c29-32(30)24-9-2-5-18-4-1-7-22(25(18)24)28(32)17-16-27-14-11-19(12-15-27)31-23-8-3-6-21-20(23)10-13-26-21/h1-9,19,26H,10-17H2. The van der Waals surface area contributed by atoms with Gasteiger partial charge in [-0.15, -0.1) is 0 Å². The Bertz CT molecular complexity index is 1280. The molecule has 0 amide bonds. The molecule has 32 heavy (non-hydrogen) atoms. The van der Waals surface area contributed by atoms with Crippen molar-refractivity contribution in [1.82, 2.24) is 4.90 Å². The summed E-state index contributed by atoms with van der Waals surface area (Å²) < 4.78 is 34.3. The fourth-order valence-corrected chi connectivity index (χ4v) is 6.98. The minimum atomic E-state index is -3.48. The molecule has 7 heteroatoms. The van der Waals surface area contributed by atoms with E-state index >= 15 is 0 Å². The maximum atomic E-state index is 13.2. The minimum absolute atomic E-state index is 0.215. The maximum absolute atomic E-state index is 13.2. The van der Waals surface area contributed by atoms with Crippen LogP contribution >= 0.6 is 0 Å². The number of likely N-dealkylation sites (tertiary alicyclic amines) is 1. The third-order valence-electron chi connectivity index (χ3n) is 6.95. The number of benzene rings is 3. The maximum Gasteiger partial charge on any atom is 0.265 e. The van der Waals surface area contributed by atoms with Gasteiger partial charge in [0.05, 0.1) is 10.6 Å². The van der Waals surface area contributed by atoms with Crippen LogP contribution in [0, 0.1) is 0 Å². The number of sulfonamides is 1. The summed E-state index contributed by atoms with van der Waals surface area (Å²) in [5.74, 6) is 1.01. The molecule has 0 radical (unpaired) electrons. The molecule has 1 N–H and O–H groups in total. The molecule has 0 bridgehead atoms. The van der Waals surface area contributed by atoms with Crippen LogP contribution in [-0.2, 0) is 16.4 Å². The third-order valence-corrected chi connectivity index (χ3v) is 8.81. The lowest BCUT2D eigenvalue weighted by molar-refractivity contribution is 0.102. The van der Waals surface area contributed by atoms with E-state index < -0.39 is 10.0 Å². The van der Waals surface area contributed by atoms with Crippen molar-refractivity contribution in [2.24, 2.45) is 0 Å².